The van der Waals surface area contributed by atoms with E-state index in [1.54, 1.807) is 23.9 Å². The molecule has 1 aliphatic rings. The molecule has 1 saturated heterocycles. The van der Waals surface area contributed by atoms with Crippen LogP contribution in [0.25, 0.3) is 0 Å². The Balaban J connectivity index is 1.72. The van der Waals surface area contributed by atoms with Crippen LogP contribution in [-0.2, 0) is 9.53 Å². The Kier molecular flexibility index (Phi) is 7.71. The van der Waals surface area contributed by atoms with Crippen LogP contribution in [0.5, 0.6) is 11.5 Å². The lowest BCUT2D eigenvalue weighted by Crippen LogP contribution is -2.38. The lowest BCUT2D eigenvalue weighted by atomic mass is 10.2. The Bertz CT molecular complexity index is 474. The van der Waals surface area contributed by atoms with Crippen LogP contribution in [0.1, 0.15) is 6.92 Å². The second kappa shape index (κ2) is 9.80. The average Bonchev–Trinajstić information content (AvgIpc) is 2.57. The van der Waals surface area contributed by atoms with Gasteiger partial charge in [0, 0.05) is 25.4 Å². The third kappa shape index (κ3) is 6.41. The number of rotatable bonds is 8. The Morgan fingerprint density at radius 1 is 1.26 bits per heavy atom. The molecule has 1 heterocycles. The fourth-order valence-electron chi connectivity index (χ4n) is 2.26. The van der Waals surface area contributed by atoms with E-state index in [0.717, 1.165) is 44.4 Å². The minimum Gasteiger partial charge on any atom is -0.492 e. The minimum absolute atomic E-state index is 0.102. The number of esters is 1. The molecule has 5 nitrogen and oxygen atoms in total. The second-order valence-corrected chi connectivity index (χ2v) is 6.46. The highest BCUT2D eigenvalue weighted by atomic mass is 32.2. The van der Waals surface area contributed by atoms with Crippen molar-refractivity contribution in [2.24, 2.45) is 5.92 Å². The van der Waals surface area contributed by atoms with Gasteiger partial charge in [-0.1, -0.05) is 6.92 Å². The Hall–Kier alpha value is -1.24. The molecule has 0 N–H and O–H groups in total. The van der Waals surface area contributed by atoms with E-state index in [-0.39, 0.29) is 11.9 Å². The lowest BCUT2D eigenvalue weighted by molar-refractivity contribution is -0.137. The first-order valence-electron chi connectivity index (χ1n) is 7.92. The molecule has 2 rings (SSSR count). The molecule has 0 bridgehead atoms. The maximum atomic E-state index is 11.9. The SMILES string of the molecule is CSC[C@@H](C)C(=O)Oc1ccc(OCCN2CCOCC2)cc1. The molecular weight excluding hydrogens is 314 g/mol. The molecule has 0 amide bonds. The number of thioether (sulfide) groups is 1. The summed E-state index contributed by atoms with van der Waals surface area (Å²) in [4.78, 5) is 14.2. The molecule has 0 unspecified atom stereocenters. The summed E-state index contributed by atoms with van der Waals surface area (Å²) >= 11 is 1.64. The van der Waals surface area contributed by atoms with Crippen LogP contribution in [0.4, 0.5) is 0 Å². The van der Waals surface area contributed by atoms with Gasteiger partial charge in [0.15, 0.2) is 0 Å². The molecule has 0 aliphatic carbocycles. The number of ether oxygens (including phenoxy) is 3. The van der Waals surface area contributed by atoms with Crippen LogP contribution in [-0.4, -0.2) is 62.3 Å². The van der Waals surface area contributed by atoms with Gasteiger partial charge in [0.2, 0.25) is 0 Å². The predicted octanol–water partition coefficient (Wildman–Crippen LogP) is 2.30. The molecule has 23 heavy (non-hydrogen) atoms. The van der Waals surface area contributed by atoms with Crippen LogP contribution in [0.15, 0.2) is 24.3 Å². The van der Waals surface area contributed by atoms with Crippen LogP contribution in [0.3, 0.4) is 0 Å². The first-order chi connectivity index (χ1) is 11.2. The molecule has 1 aromatic rings. The maximum Gasteiger partial charge on any atom is 0.314 e. The van der Waals surface area contributed by atoms with Gasteiger partial charge in [0.25, 0.3) is 0 Å². The molecule has 1 atom stereocenters. The van der Waals surface area contributed by atoms with E-state index in [1.807, 2.05) is 25.3 Å². The van der Waals surface area contributed by atoms with Crippen molar-refractivity contribution in [2.45, 2.75) is 6.92 Å². The highest BCUT2D eigenvalue weighted by molar-refractivity contribution is 7.98. The van der Waals surface area contributed by atoms with Crippen molar-refractivity contribution in [2.75, 3.05) is 51.5 Å². The largest absolute Gasteiger partial charge is 0.492 e. The van der Waals surface area contributed by atoms with E-state index in [4.69, 9.17) is 14.2 Å². The first kappa shape index (κ1) is 18.1. The zero-order valence-corrected chi connectivity index (χ0v) is 14.6. The van der Waals surface area contributed by atoms with E-state index in [9.17, 15) is 4.79 Å². The van der Waals surface area contributed by atoms with E-state index < -0.39 is 0 Å². The highest BCUT2D eigenvalue weighted by Crippen LogP contribution is 2.19. The topological polar surface area (TPSA) is 48.0 Å². The van der Waals surface area contributed by atoms with Gasteiger partial charge in [0.05, 0.1) is 19.1 Å². The van der Waals surface area contributed by atoms with Crippen molar-refractivity contribution in [3.63, 3.8) is 0 Å². The molecule has 0 spiro atoms. The molecule has 0 radical (unpaired) electrons. The summed E-state index contributed by atoms with van der Waals surface area (Å²) in [6.45, 7) is 6.95. The number of nitrogens with zero attached hydrogens (tertiary/aromatic N) is 1. The van der Waals surface area contributed by atoms with Gasteiger partial charge in [0.1, 0.15) is 18.1 Å². The van der Waals surface area contributed by atoms with Crippen LogP contribution < -0.4 is 9.47 Å². The van der Waals surface area contributed by atoms with Gasteiger partial charge in [-0.3, -0.25) is 9.69 Å². The van der Waals surface area contributed by atoms with Gasteiger partial charge < -0.3 is 14.2 Å². The fraction of sp³-hybridized carbons (Fsp3) is 0.588. The number of hydrogen-bond acceptors (Lipinski definition) is 6. The van der Waals surface area contributed by atoms with E-state index >= 15 is 0 Å². The summed E-state index contributed by atoms with van der Waals surface area (Å²) in [6.07, 6.45) is 1.98. The van der Waals surface area contributed by atoms with Gasteiger partial charge >= 0.3 is 5.97 Å². The molecule has 128 valence electrons. The summed E-state index contributed by atoms with van der Waals surface area (Å²) in [5.41, 5.74) is 0. The second-order valence-electron chi connectivity index (χ2n) is 5.55. The predicted molar refractivity (Wildman–Crippen MR) is 92.4 cm³/mol. The average molecular weight is 339 g/mol. The lowest BCUT2D eigenvalue weighted by Gasteiger charge is -2.26. The summed E-state index contributed by atoms with van der Waals surface area (Å²) in [5.74, 6) is 1.81. The molecule has 1 aliphatic heterocycles. The number of benzene rings is 1. The van der Waals surface area contributed by atoms with Crippen molar-refractivity contribution in [3.8, 4) is 11.5 Å². The van der Waals surface area contributed by atoms with E-state index in [1.165, 1.54) is 0 Å². The smallest absolute Gasteiger partial charge is 0.314 e. The quantitative estimate of drug-likeness (QED) is 0.535. The van der Waals surface area contributed by atoms with Crippen molar-refractivity contribution in [3.05, 3.63) is 24.3 Å². The Morgan fingerprint density at radius 2 is 1.91 bits per heavy atom. The standard InChI is InChI=1S/C17H25NO4S/c1-14(13-23-2)17(19)22-16-5-3-15(4-6-16)21-12-9-18-7-10-20-11-8-18/h3-6,14H,7-13H2,1-2H3/t14-/m1/s1. The number of morpholine rings is 1. The van der Waals surface area contributed by atoms with Crippen LogP contribution in [0.2, 0.25) is 0 Å². The number of hydrogen-bond donors (Lipinski definition) is 0. The molecule has 6 heteroatoms. The van der Waals surface area contributed by atoms with E-state index in [0.29, 0.717) is 12.4 Å². The third-order valence-electron chi connectivity index (χ3n) is 3.64. The number of carbonyl (C=O) groups is 1. The summed E-state index contributed by atoms with van der Waals surface area (Å²) < 4.78 is 16.4. The summed E-state index contributed by atoms with van der Waals surface area (Å²) in [5, 5.41) is 0. The minimum atomic E-state index is -0.194. The zero-order chi connectivity index (χ0) is 16.5. The van der Waals surface area contributed by atoms with Gasteiger partial charge in [-0.15, -0.1) is 0 Å². The molecule has 0 aromatic heterocycles. The van der Waals surface area contributed by atoms with Gasteiger partial charge in [-0.05, 0) is 30.5 Å². The van der Waals surface area contributed by atoms with Gasteiger partial charge in [-0.2, -0.15) is 11.8 Å². The first-order valence-corrected chi connectivity index (χ1v) is 9.32. The third-order valence-corrected chi connectivity index (χ3v) is 4.47. The van der Waals surface area contributed by atoms with Crippen LogP contribution in [0, 0.1) is 5.92 Å². The van der Waals surface area contributed by atoms with Crippen molar-refractivity contribution in [1.29, 1.82) is 0 Å². The maximum absolute atomic E-state index is 11.9. The molecule has 0 saturated carbocycles. The van der Waals surface area contributed by atoms with Crippen molar-refractivity contribution in [1.82, 2.24) is 4.90 Å². The monoisotopic (exact) mass is 339 g/mol. The summed E-state index contributed by atoms with van der Waals surface area (Å²) in [7, 11) is 0. The molecular formula is C17H25NO4S. The van der Waals surface area contributed by atoms with E-state index in [2.05, 4.69) is 4.90 Å². The number of carbonyl (C=O) groups excluding carboxylic acids is 1. The van der Waals surface area contributed by atoms with Crippen molar-refractivity contribution >= 4 is 17.7 Å². The Labute approximate surface area is 142 Å². The van der Waals surface area contributed by atoms with Gasteiger partial charge in [-0.25, -0.2) is 0 Å². The molecule has 1 fully saturated rings. The Morgan fingerprint density at radius 3 is 2.57 bits per heavy atom. The zero-order valence-electron chi connectivity index (χ0n) is 13.8. The van der Waals surface area contributed by atoms with Crippen LogP contribution >= 0.6 is 11.8 Å². The highest BCUT2D eigenvalue weighted by Gasteiger charge is 2.14. The van der Waals surface area contributed by atoms with Crippen molar-refractivity contribution < 1.29 is 19.0 Å². The normalized spacial score (nSPS) is 16.8. The fourth-order valence-corrected chi connectivity index (χ4v) is 2.89. The molecule has 1 aromatic carbocycles. The summed E-state index contributed by atoms with van der Waals surface area (Å²) in [6, 6.07) is 7.21.